The average molecular weight is 388 g/mol. The van der Waals surface area contributed by atoms with Crippen molar-refractivity contribution in [1.29, 1.82) is 0 Å². The third-order valence-corrected chi connectivity index (χ3v) is 7.16. The number of anilines is 1. The minimum absolute atomic E-state index is 0.0799. The van der Waals surface area contributed by atoms with Crippen LogP contribution in [0.25, 0.3) is 0 Å². The lowest BCUT2D eigenvalue weighted by atomic mass is 9.73. The molecule has 0 saturated carbocycles. The lowest BCUT2D eigenvalue weighted by molar-refractivity contribution is 0.0141. The van der Waals surface area contributed by atoms with Crippen LogP contribution in [0.1, 0.15) is 35.3 Å². The van der Waals surface area contributed by atoms with Gasteiger partial charge in [-0.2, -0.15) is 5.10 Å². The molecular formula is C18H24N6O2S. The molecule has 5 rings (SSSR count). The number of rotatable bonds is 5. The summed E-state index contributed by atoms with van der Waals surface area (Å²) in [5, 5.41) is 17.8. The number of hydrogen-bond donors (Lipinski definition) is 1. The molecule has 27 heavy (non-hydrogen) atoms. The predicted octanol–water partition coefficient (Wildman–Crippen LogP) is 1.48. The number of ether oxygens (including phenoxy) is 1. The van der Waals surface area contributed by atoms with E-state index in [2.05, 4.69) is 25.5 Å². The molecule has 2 bridgehead atoms. The Balaban J connectivity index is 1.27. The van der Waals surface area contributed by atoms with Crippen LogP contribution < -0.4 is 10.2 Å². The second-order valence-electron chi connectivity index (χ2n) is 7.78. The van der Waals surface area contributed by atoms with Crippen LogP contribution in [0.4, 0.5) is 5.13 Å². The third-order valence-electron chi connectivity index (χ3n) is 6.27. The fourth-order valence-corrected chi connectivity index (χ4v) is 5.68. The molecular weight excluding hydrogens is 364 g/mol. The fraction of sp³-hybridized carbons (Fsp3) is 0.667. The monoisotopic (exact) mass is 388 g/mol. The minimum atomic E-state index is -0.103. The number of nitrogens with one attached hydrogen (secondary N) is 1. The van der Waals surface area contributed by atoms with Crippen LogP contribution in [0.3, 0.4) is 0 Å². The topological polar surface area (TPSA) is 85.2 Å². The minimum Gasteiger partial charge on any atom is -0.369 e. The highest BCUT2D eigenvalue weighted by atomic mass is 32.1. The Morgan fingerprint density at radius 2 is 2.37 bits per heavy atom. The summed E-state index contributed by atoms with van der Waals surface area (Å²) in [5.41, 5.74) is 0.400. The summed E-state index contributed by atoms with van der Waals surface area (Å²) < 4.78 is 8.23. The van der Waals surface area contributed by atoms with Crippen LogP contribution in [-0.2, 0) is 11.3 Å². The number of nitrogens with zero attached hydrogens (tertiary/aromatic N) is 5. The molecule has 0 aliphatic carbocycles. The van der Waals surface area contributed by atoms with Crippen LogP contribution >= 0.6 is 11.3 Å². The van der Waals surface area contributed by atoms with E-state index >= 15 is 0 Å². The standard InChI is InChI=1S/C18H24N6O2S/c1-3-24-7-5-14(22-24)16(25)19-8-12-13-9-23(17-21-20-11(2)27-17)10-18(13)6-4-15(12)26-18/h5,7,12-13,15H,3-4,6,8-10H2,1-2H3,(H,19,25)/t12-,13+,15+,18+/m0/s1. The van der Waals surface area contributed by atoms with Crippen LogP contribution in [0.5, 0.6) is 0 Å². The first-order valence-corrected chi connectivity index (χ1v) is 10.4. The molecule has 2 aromatic heterocycles. The van der Waals surface area contributed by atoms with Gasteiger partial charge in [-0.05, 0) is 32.8 Å². The Morgan fingerprint density at radius 3 is 3.11 bits per heavy atom. The molecule has 1 amide bonds. The van der Waals surface area contributed by atoms with E-state index in [0.29, 0.717) is 24.1 Å². The Bertz CT molecular complexity index is 866. The maximum absolute atomic E-state index is 12.5. The molecule has 2 aromatic rings. The van der Waals surface area contributed by atoms with Crippen molar-refractivity contribution < 1.29 is 9.53 Å². The number of amides is 1. The van der Waals surface area contributed by atoms with Crippen LogP contribution in [0.2, 0.25) is 0 Å². The van der Waals surface area contributed by atoms with Crippen molar-refractivity contribution in [3.05, 3.63) is 23.0 Å². The first-order valence-electron chi connectivity index (χ1n) is 9.62. The second kappa shape index (κ2) is 6.27. The molecule has 0 aromatic carbocycles. The van der Waals surface area contributed by atoms with Crippen LogP contribution in [0, 0.1) is 18.8 Å². The molecule has 3 aliphatic rings. The molecule has 1 spiro atoms. The summed E-state index contributed by atoms with van der Waals surface area (Å²) in [6.45, 7) is 7.20. The number of aryl methyl sites for hydroxylation is 2. The van der Waals surface area contributed by atoms with Crippen molar-refractivity contribution >= 4 is 22.4 Å². The largest absolute Gasteiger partial charge is 0.369 e. The number of carbonyl (C=O) groups is 1. The maximum Gasteiger partial charge on any atom is 0.271 e. The smallest absolute Gasteiger partial charge is 0.271 e. The average Bonchev–Trinajstić information content (AvgIpc) is 3.44. The van der Waals surface area contributed by atoms with E-state index in [1.807, 2.05) is 20.0 Å². The molecule has 8 nitrogen and oxygen atoms in total. The van der Waals surface area contributed by atoms with Crippen molar-refractivity contribution in [2.24, 2.45) is 11.8 Å². The summed E-state index contributed by atoms with van der Waals surface area (Å²) in [7, 11) is 0. The van der Waals surface area contributed by atoms with Gasteiger partial charge in [-0.15, -0.1) is 10.2 Å². The molecule has 3 saturated heterocycles. The molecule has 1 N–H and O–H groups in total. The van der Waals surface area contributed by atoms with Gasteiger partial charge in [0.05, 0.1) is 11.7 Å². The Hall–Kier alpha value is -2.00. The molecule has 5 heterocycles. The van der Waals surface area contributed by atoms with Gasteiger partial charge in [0.15, 0.2) is 0 Å². The van der Waals surface area contributed by atoms with E-state index in [1.165, 1.54) is 0 Å². The van der Waals surface area contributed by atoms with Crippen molar-refractivity contribution in [3.63, 3.8) is 0 Å². The molecule has 3 fully saturated rings. The van der Waals surface area contributed by atoms with Crippen molar-refractivity contribution in [2.45, 2.75) is 44.9 Å². The van der Waals surface area contributed by atoms with Gasteiger partial charge in [-0.1, -0.05) is 11.3 Å². The van der Waals surface area contributed by atoms with Crippen molar-refractivity contribution in [1.82, 2.24) is 25.3 Å². The third kappa shape index (κ3) is 2.75. The highest BCUT2D eigenvalue weighted by molar-refractivity contribution is 7.15. The molecule has 0 unspecified atom stereocenters. The lowest BCUT2D eigenvalue weighted by Crippen LogP contribution is -2.42. The number of fused-ring (bicyclic) bond motifs is 1. The normalized spacial score (nSPS) is 31.5. The number of carbonyl (C=O) groups excluding carboxylic acids is 1. The van der Waals surface area contributed by atoms with Gasteiger partial charge in [-0.3, -0.25) is 9.48 Å². The van der Waals surface area contributed by atoms with E-state index in [-0.39, 0.29) is 17.6 Å². The van der Waals surface area contributed by atoms with Gasteiger partial charge in [0.25, 0.3) is 5.91 Å². The van der Waals surface area contributed by atoms with Crippen molar-refractivity contribution in [2.75, 3.05) is 24.5 Å². The van der Waals surface area contributed by atoms with E-state index in [0.717, 1.165) is 42.6 Å². The van der Waals surface area contributed by atoms with Crippen LogP contribution in [0.15, 0.2) is 12.3 Å². The Kier molecular flexibility index (Phi) is 3.98. The maximum atomic E-state index is 12.5. The van der Waals surface area contributed by atoms with Gasteiger partial charge in [0.2, 0.25) is 5.13 Å². The molecule has 0 radical (unpaired) electrons. The zero-order valence-electron chi connectivity index (χ0n) is 15.6. The number of aromatic nitrogens is 4. The quantitative estimate of drug-likeness (QED) is 0.835. The summed E-state index contributed by atoms with van der Waals surface area (Å²) in [6.07, 6.45) is 4.26. The highest BCUT2D eigenvalue weighted by Gasteiger charge is 2.63. The van der Waals surface area contributed by atoms with Gasteiger partial charge in [0.1, 0.15) is 10.7 Å². The zero-order chi connectivity index (χ0) is 18.6. The lowest BCUT2D eigenvalue weighted by Gasteiger charge is -2.29. The van der Waals surface area contributed by atoms with E-state index in [9.17, 15) is 4.79 Å². The second-order valence-corrected chi connectivity index (χ2v) is 8.94. The SMILES string of the molecule is CCn1ccc(C(=O)NC[C@H]2[C@H]3CN(c4nnc(C)s4)C[C@]34CC[C@H]2O4)n1. The Labute approximate surface area is 161 Å². The highest BCUT2D eigenvalue weighted by Crippen LogP contribution is 2.55. The van der Waals surface area contributed by atoms with Crippen LogP contribution in [-0.4, -0.2) is 57.2 Å². The van der Waals surface area contributed by atoms with Gasteiger partial charge < -0.3 is 15.0 Å². The van der Waals surface area contributed by atoms with E-state index in [4.69, 9.17) is 4.74 Å². The first-order chi connectivity index (χ1) is 13.1. The van der Waals surface area contributed by atoms with Crippen molar-refractivity contribution in [3.8, 4) is 0 Å². The predicted molar refractivity (Wildman–Crippen MR) is 101 cm³/mol. The molecule has 3 aliphatic heterocycles. The Morgan fingerprint density at radius 1 is 1.48 bits per heavy atom. The summed E-state index contributed by atoms with van der Waals surface area (Å²) in [5.74, 6) is 0.664. The zero-order valence-corrected chi connectivity index (χ0v) is 16.4. The molecule has 4 atom stereocenters. The van der Waals surface area contributed by atoms with Gasteiger partial charge in [0, 0.05) is 44.2 Å². The summed E-state index contributed by atoms with van der Waals surface area (Å²) in [6, 6.07) is 1.77. The fourth-order valence-electron chi connectivity index (χ4n) is 4.98. The number of hydrogen-bond acceptors (Lipinski definition) is 7. The van der Waals surface area contributed by atoms with E-state index in [1.54, 1.807) is 22.1 Å². The molecule has 9 heteroatoms. The van der Waals surface area contributed by atoms with Gasteiger partial charge in [-0.25, -0.2) is 0 Å². The first kappa shape index (κ1) is 17.1. The molecule has 144 valence electrons. The summed E-state index contributed by atoms with van der Waals surface area (Å²) >= 11 is 1.64. The van der Waals surface area contributed by atoms with E-state index < -0.39 is 0 Å². The van der Waals surface area contributed by atoms with Gasteiger partial charge >= 0.3 is 0 Å². The summed E-state index contributed by atoms with van der Waals surface area (Å²) in [4.78, 5) is 14.8.